The van der Waals surface area contributed by atoms with E-state index in [1.165, 1.54) is 0 Å². The molecule has 0 saturated carbocycles. The Morgan fingerprint density at radius 1 is 1.35 bits per heavy atom. The van der Waals surface area contributed by atoms with Gasteiger partial charge in [-0.25, -0.2) is 13.8 Å². The zero-order valence-corrected chi connectivity index (χ0v) is 13.4. The monoisotopic (exact) mass is 360 g/mol. The predicted octanol–water partition coefficient (Wildman–Crippen LogP) is 3.43. The Balaban J connectivity index is 2.08. The lowest BCUT2D eigenvalue weighted by Gasteiger charge is -2.05. The van der Waals surface area contributed by atoms with Crippen LogP contribution in [0.2, 0.25) is 5.02 Å². The number of benzene rings is 1. The Morgan fingerprint density at radius 2 is 2.04 bits per heavy atom. The van der Waals surface area contributed by atoms with E-state index in [4.69, 9.17) is 16.3 Å². The molecule has 2 aromatic rings. The van der Waals surface area contributed by atoms with Crippen molar-refractivity contribution in [1.82, 2.24) is 4.98 Å². The molecule has 9 heteroatoms. The van der Waals surface area contributed by atoms with E-state index in [0.717, 1.165) is 17.4 Å². The number of aromatic nitrogens is 1. The van der Waals surface area contributed by atoms with E-state index < -0.39 is 23.5 Å². The molecule has 1 amide bonds. The Bertz CT molecular complexity index is 752. The second-order valence-electron chi connectivity index (χ2n) is 4.33. The number of esters is 1. The minimum Gasteiger partial charge on any atom is -0.466 e. The van der Waals surface area contributed by atoms with Gasteiger partial charge in [-0.2, -0.15) is 0 Å². The maximum absolute atomic E-state index is 13.2. The summed E-state index contributed by atoms with van der Waals surface area (Å²) in [5, 5.41) is 3.98. The summed E-state index contributed by atoms with van der Waals surface area (Å²) < 4.78 is 31.0. The molecule has 23 heavy (non-hydrogen) atoms. The lowest BCUT2D eigenvalue weighted by Crippen LogP contribution is -2.13. The van der Waals surface area contributed by atoms with E-state index >= 15 is 0 Å². The van der Waals surface area contributed by atoms with Crippen LogP contribution in [0.1, 0.15) is 23.0 Å². The molecule has 0 aliphatic rings. The predicted molar refractivity (Wildman–Crippen MR) is 81.8 cm³/mol. The number of ether oxygens (including phenoxy) is 1. The molecule has 0 unspecified atom stereocenters. The van der Waals surface area contributed by atoms with Gasteiger partial charge in [0, 0.05) is 5.38 Å². The number of carbonyl (C=O) groups is 2. The Labute approximate surface area is 139 Å². The number of anilines is 1. The summed E-state index contributed by atoms with van der Waals surface area (Å²) in [6.07, 6.45) is -0.0217. The zero-order chi connectivity index (χ0) is 17.0. The van der Waals surface area contributed by atoms with Gasteiger partial charge < -0.3 is 4.74 Å². The maximum Gasteiger partial charge on any atom is 0.311 e. The second kappa shape index (κ2) is 7.47. The number of hydrogen-bond acceptors (Lipinski definition) is 5. The average Bonchev–Trinajstić information content (AvgIpc) is 2.90. The molecule has 122 valence electrons. The quantitative estimate of drug-likeness (QED) is 0.655. The lowest BCUT2D eigenvalue weighted by molar-refractivity contribution is -0.142. The van der Waals surface area contributed by atoms with Crippen molar-refractivity contribution in [1.29, 1.82) is 0 Å². The summed E-state index contributed by atoms with van der Waals surface area (Å²) in [4.78, 5) is 27.4. The van der Waals surface area contributed by atoms with Crippen LogP contribution in [0.25, 0.3) is 0 Å². The summed E-state index contributed by atoms with van der Waals surface area (Å²) >= 11 is 6.81. The van der Waals surface area contributed by atoms with Crippen molar-refractivity contribution in [3.8, 4) is 0 Å². The molecule has 5 nitrogen and oxygen atoms in total. The number of carbonyl (C=O) groups excluding carboxylic acids is 2. The van der Waals surface area contributed by atoms with Crippen molar-refractivity contribution in [2.45, 2.75) is 13.3 Å². The molecule has 1 aromatic carbocycles. The third-order valence-corrected chi connectivity index (χ3v) is 3.78. The molecule has 0 aliphatic heterocycles. The fourth-order valence-corrected chi connectivity index (χ4v) is 2.61. The van der Waals surface area contributed by atoms with Crippen LogP contribution in [0.3, 0.4) is 0 Å². The van der Waals surface area contributed by atoms with Gasteiger partial charge in [0.1, 0.15) is 0 Å². The molecule has 0 saturated heterocycles. The number of rotatable bonds is 5. The van der Waals surface area contributed by atoms with E-state index in [0.29, 0.717) is 11.8 Å². The van der Waals surface area contributed by atoms with Crippen LogP contribution in [0.15, 0.2) is 17.5 Å². The summed E-state index contributed by atoms with van der Waals surface area (Å²) in [6.45, 7) is 1.96. The topological polar surface area (TPSA) is 68.3 Å². The number of nitrogens with zero attached hydrogens (tertiary/aromatic N) is 1. The molecule has 0 atom stereocenters. The normalized spacial score (nSPS) is 10.4. The van der Waals surface area contributed by atoms with Crippen molar-refractivity contribution in [3.05, 3.63) is 45.4 Å². The van der Waals surface area contributed by atoms with Gasteiger partial charge in [0.15, 0.2) is 16.8 Å². The molecule has 0 aliphatic carbocycles. The first-order valence-electron chi connectivity index (χ1n) is 6.46. The molecule has 0 fully saturated rings. The van der Waals surface area contributed by atoms with E-state index in [-0.39, 0.29) is 28.7 Å². The number of nitrogens with one attached hydrogen (secondary N) is 1. The fraction of sp³-hybridized carbons (Fsp3) is 0.214. The molecule has 1 aromatic heterocycles. The van der Waals surface area contributed by atoms with Crippen LogP contribution in [-0.2, 0) is 16.0 Å². The van der Waals surface area contributed by atoms with Crippen LogP contribution in [0.4, 0.5) is 13.9 Å². The molecule has 0 radical (unpaired) electrons. The number of thiazole rings is 1. The molecular formula is C14H11ClF2N2O3S. The number of amides is 1. The molecule has 1 heterocycles. The minimum atomic E-state index is -1.18. The van der Waals surface area contributed by atoms with Crippen LogP contribution < -0.4 is 5.32 Å². The first-order chi connectivity index (χ1) is 10.9. The lowest BCUT2D eigenvalue weighted by atomic mass is 10.2. The van der Waals surface area contributed by atoms with Gasteiger partial charge in [0.05, 0.1) is 29.3 Å². The Kier molecular flexibility index (Phi) is 5.62. The van der Waals surface area contributed by atoms with Crippen molar-refractivity contribution < 1.29 is 23.1 Å². The first-order valence-corrected chi connectivity index (χ1v) is 7.72. The van der Waals surface area contributed by atoms with E-state index in [1.807, 2.05) is 0 Å². The third-order valence-electron chi connectivity index (χ3n) is 2.66. The average molecular weight is 361 g/mol. The zero-order valence-electron chi connectivity index (χ0n) is 11.9. The fourth-order valence-electron chi connectivity index (χ4n) is 1.67. The highest BCUT2D eigenvalue weighted by atomic mass is 35.5. The standard InChI is InChI=1S/C14H11ClF2N2O3S/c1-2-22-12(20)3-7-6-23-14(18-7)19-13(21)8-4-10(16)11(17)5-9(8)15/h4-6H,2-3H2,1H3,(H,18,19,21). The second-order valence-corrected chi connectivity index (χ2v) is 5.59. The van der Waals surface area contributed by atoms with Gasteiger partial charge in [-0.15, -0.1) is 11.3 Å². The summed E-state index contributed by atoms with van der Waals surface area (Å²) in [5.74, 6) is -3.48. The van der Waals surface area contributed by atoms with Crippen LogP contribution in [-0.4, -0.2) is 23.5 Å². The summed E-state index contributed by atoms with van der Waals surface area (Å²) in [7, 11) is 0. The molecule has 0 spiro atoms. The summed E-state index contributed by atoms with van der Waals surface area (Å²) in [6, 6.07) is 1.43. The van der Waals surface area contributed by atoms with Gasteiger partial charge in [-0.1, -0.05) is 11.6 Å². The van der Waals surface area contributed by atoms with Crippen LogP contribution in [0.5, 0.6) is 0 Å². The van der Waals surface area contributed by atoms with Gasteiger partial charge in [-0.3, -0.25) is 14.9 Å². The Hall–Kier alpha value is -2.06. The van der Waals surface area contributed by atoms with Crippen molar-refractivity contribution in [3.63, 3.8) is 0 Å². The first kappa shape index (κ1) is 17.3. The molecule has 1 N–H and O–H groups in total. The van der Waals surface area contributed by atoms with Crippen LogP contribution in [0, 0.1) is 11.6 Å². The number of halogens is 3. The highest BCUT2D eigenvalue weighted by Gasteiger charge is 2.17. The smallest absolute Gasteiger partial charge is 0.311 e. The van der Waals surface area contributed by atoms with Crippen molar-refractivity contribution >= 4 is 39.9 Å². The summed E-state index contributed by atoms with van der Waals surface area (Å²) in [5.41, 5.74) is 0.216. The van der Waals surface area contributed by atoms with E-state index in [9.17, 15) is 18.4 Å². The van der Waals surface area contributed by atoms with Crippen LogP contribution >= 0.6 is 22.9 Å². The van der Waals surface area contributed by atoms with E-state index in [2.05, 4.69) is 10.3 Å². The highest BCUT2D eigenvalue weighted by molar-refractivity contribution is 7.14. The van der Waals surface area contributed by atoms with Gasteiger partial charge in [0.25, 0.3) is 5.91 Å². The van der Waals surface area contributed by atoms with Gasteiger partial charge in [0.2, 0.25) is 0 Å². The largest absolute Gasteiger partial charge is 0.466 e. The van der Waals surface area contributed by atoms with E-state index in [1.54, 1.807) is 12.3 Å². The Morgan fingerprint density at radius 3 is 2.74 bits per heavy atom. The number of hydrogen-bond donors (Lipinski definition) is 1. The van der Waals surface area contributed by atoms with Gasteiger partial charge >= 0.3 is 5.97 Å². The SMILES string of the molecule is CCOC(=O)Cc1csc(NC(=O)c2cc(F)c(F)cc2Cl)n1. The minimum absolute atomic E-state index is 0.0217. The molecular weight excluding hydrogens is 350 g/mol. The van der Waals surface area contributed by atoms with Gasteiger partial charge in [-0.05, 0) is 19.1 Å². The molecule has 2 rings (SSSR count). The third kappa shape index (κ3) is 4.46. The highest BCUT2D eigenvalue weighted by Crippen LogP contribution is 2.22. The molecule has 0 bridgehead atoms. The van der Waals surface area contributed by atoms with Crippen molar-refractivity contribution in [2.75, 3.05) is 11.9 Å². The maximum atomic E-state index is 13.2. The van der Waals surface area contributed by atoms with Crippen molar-refractivity contribution in [2.24, 2.45) is 0 Å².